The third-order valence-electron chi connectivity index (χ3n) is 0.154. The van der Waals surface area contributed by atoms with Gasteiger partial charge in [-0.25, -0.2) is 0 Å². The smallest absolute Gasteiger partial charge is 0.395 e. The van der Waals surface area contributed by atoms with Gasteiger partial charge in [0.25, 0.3) is 0 Å². The Labute approximate surface area is 122 Å². The summed E-state index contributed by atoms with van der Waals surface area (Å²) in [5, 5.41) is 0. The Hall–Kier alpha value is 1.13. The Morgan fingerprint density at radius 3 is 0.625 bits per heavy atom. The first-order valence-corrected chi connectivity index (χ1v) is 5.89. The fourth-order valence-electron chi connectivity index (χ4n) is 0. The van der Waals surface area contributed by atoms with Gasteiger partial charge in [0.15, 0.2) is 0 Å². The van der Waals surface area contributed by atoms with Crippen molar-refractivity contribution >= 4 is 85.9 Å². The maximum absolute atomic E-state index is 9.01. The van der Waals surface area contributed by atoms with Gasteiger partial charge in [-0.3, -0.25) is 0 Å². The van der Waals surface area contributed by atoms with Crippen molar-refractivity contribution in [3.8, 4) is 0 Å². The first-order valence-electron chi connectivity index (χ1n) is 1.96. The van der Waals surface area contributed by atoms with E-state index in [0.29, 0.717) is 0 Å². The number of rotatable bonds is 3. The molecule has 0 radical (unpaired) electrons. The zero-order valence-electron chi connectivity index (χ0n) is 6.61. The normalized spacial score (nSPS) is 8.62. The van der Waals surface area contributed by atoms with E-state index in [-0.39, 0.29) is 17.4 Å². The molecule has 0 aliphatic carbocycles. The fourth-order valence-corrected chi connectivity index (χ4v) is 0. The minimum Gasteiger partial charge on any atom is -0.395 e. The summed E-state index contributed by atoms with van der Waals surface area (Å²) < 4.78 is 63.5. The van der Waals surface area contributed by atoms with Crippen molar-refractivity contribution in [3.05, 3.63) is 0 Å². The molecule has 0 unspecified atom stereocenters. The predicted octanol–water partition coefficient (Wildman–Crippen LogP) is 0.762. The van der Waals surface area contributed by atoms with Gasteiger partial charge in [-0.15, -0.1) is 0 Å². The molecule has 0 amide bonds. The molecule has 16 heteroatoms. The van der Waals surface area contributed by atoms with Crippen LogP contribution in [0.4, 0.5) is 0 Å². The molecule has 9 nitrogen and oxygen atoms in total. The monoisotopic (exact) mass is 372 g/mol. The molecule has 0 aromatic rings. The summed E-state index contributed by atoms with van der Waals surface area (Å²) in [7, 11) is -7.67. The van der Waals surface area contributed by atoms with Gasteiger partial charge in [-0.05, 0) is 0 Å². The van der Waals surface area contributed by atoms with E-state index >= 15 is 0 Å². The Kier molecular flexibility index (Phi) is 34.6. The quantitative estimate of drug-likeness (QED) is 0.519. The molecule has 0 saturated carbocycles. The molecule has 0 aromatic carbocycles. The molecular weight excluding hydrogens is 374 g/mol. The largest absolute Gasteiger partial charge is 3.00 e. The van der Waals surface area contributed by atoms with E-state index in [0.717, 1.165) is 0 Å². The number of halogens is 3. The van der Waals surface area contributed by atoms with Crippen LogP contribution >= 0.6 is 35.6 Å². The zero-order chi connectivity index (χ0) is 12.9. The van der Waals surface area contributed by atoms with Crippen molar-refractivity contribution in [3.63, 3.8) is 0 Å². The van der Waals surface area contributed by atoms with Gasteiger partial charge in [0.05, 0.1) is 33.0 Å². The van der Waals surface area contributed by atoms with Crippen molar-refractivity contribution in [1.82, 2.24) is 0 Å². The van der Waals surface area contributed by atoms with Crippen LogP contribution in [0, 0.1) is 0 Å². The van der Waals surface area contributed by atoms with Crippen molar-refractivity contribution in [2.45, 2.75) is 0 Å². The van der Waals surface area contributed by atoms with Gasteiger partial charge in [0, 0.05) is 35.6 Å². The summed E-state index contributed by atoms with van der Waals surface area (Å²) in [6.07, 6.45) is 0. The molecule has 0 bridgehead atoms. The van der Waals surface area contributed by atoms with Crippen molar-refractivity contribution in [2.24, 2.45) is 0 Å². The summed E-state index contributed by atoms with van der Waals surface area (Å²) in [5.41, 5.74) is 0. The summed E-state index contributed by atoms with van der Waals surface area (Å²) in [4.78, 5) is 0. The fraction of sp³-hybridized carbons (Fsp3) is 0. The van der Waals surface area contributed by atoms with Gasteiger partial charge in [0.1, 0.15) is 0 Å². The van der Waals surface area contributed by atoms with Crippen LogP contribution < -0.4 is 0 Å². The molecular formula is AlCl3O9S3. The Bertz CT molecular complexity index is 253. The topological polar surface area (TPSA) is 130 Å². The first kappa shape index (κ1) is 25.9. The molecule has 0 atom stereocenters. The van der Waals surface area contributed by atoms with Crippen LogP contribution in [-0.2, 0) is 69.4 Å². The van der Waals surface area contributed by atoms with Crippen LogP contribution in [0.1, 0.15) is 0 Å². The molecule has 0 aliphatic rings. The summed E-state index contributed by atoms with van der Waals surface area (Å²) in [6.45, 7) is 0. The van der Waals surface area contributed by atoms with Crippen molar-refractivity contribution < 1.29 is 36.5 Å². The van der Waals surface area contributed by atoms with E-state index in [4.69, 9.17) is 25.3 Å². The van der Waals surface area contributed by atoms with E-state index in [1.54, 1.807) is 0 Å². The van der Waals surface area contributed by atoms with Gasteiger partial charge < -0.3 is 36.5 Å². The number of hydrogen-bond acceptors (Lipinski definition) is 12. The minimum absolute atomic E-state index is 0. The van der Waals surface area contributed by atoms with Gasteiger partial charge in [0.2, 0.25) is 0 Å². The van der Waals surface area contributed by atoms with E-state index in [1.807, 2.05) is 0 Å². The average Bonchev–Trinajstić information content (AvgIpc) is 2.19. The maximum atomic E-state index is 9.01. The molecule has 0 rings (SSSR count). The maximum Gasteiger partial charge on any atom is 3.00 e. The van der Waals surface area contributed by atoms with Crippen LogP contribution in [0.2, 0.25) is 0 Å². The molecule has 0 aromatic heterocycles. The third kappa shape index (κ3) is 59.4. The second-order valence-corrected chi connectivity index (χ2v) is 3.54. The standard InChI is InChI=1S/Al.3ClO3S/c;3*1-4-5(2)3/q+3;3*-1. The molecule has 16 heavy (non-hydrogen) atoms. The second kappa shape index (κ2) is 21.4. The summed E-state index contributed by atoms with van der Waals surface area (Å²) in [6, 6.07) is 0. The van der Waals surface area contributed by atoms with Crippen molar-refractivity contribution in [2.75, 3.05) is 0 Å². The van der Waals surface area contributed by atoms with Crippen LogP contribution in [0.5, 0.6) is 0 Å². The molecule has 0 fully saturated rings. The predicted molar refractivity (Wildman–Crippen MR) is 52.8 cm³/mol. The molecule has 0 spiro atoms. The third-order valence-corrected chi connectivity index (χ3v) is 1.39. The molecule has 0 N–H and O–H groups in total. The SMILES string of the molecule is O=[S-](=O)OCl.O=[S-](=O)OCl.O=[S-](=O)OCl.[Al+3]. The van der Waals surface area contributed by atoms with Gasteiger partial charge >= 0.3 is 17.4 Å². The second-order valence-electron chi connectivity index (χ2n) is 0.801. The average molecular weight is 374 g/mol. The minimum atomic E-state index is -2.56. The number of hydrogen-bond donors (Lipinski definition) is 0. The molecule has 0 aliphatic heterocycles. The van der Waals surface area contributed by atoms with E-state index in [9.17, 15) is 0 Å². The van der Waals surface area contributed by atoms with E-state index < -0.39 is 33.0 Å². The molecule has 0 heterocycles. The van der Waals surface area contributed by atoms with Crippen LogP contribution in [0.15, 0.2) is 0 Å². The zero-order valence-corrected chi connectivity index (χ0v) is 12.5. The van der Waals surface area contributed by atoms with Gasteiger partial charge in [-0.2, -0.15) is 0 Å². The first-order chi connectivity index (χ1) is 6.81. The Morgan fingerprint density at radius 2 is 0.625 bits per heavy atom. The van der Waals surface area contributed by atoms with Crippen LogP contribution in [0.25, 0.3) is 0 Å². The van der Waals surface area contributed by atoms with Crippen molar-refractivity contribution in [1.29, 1.82) is 0 Å². The van der Waals surface area contributed by atoms with E-state index in [2.05, 4.69) is 46.8 Å². The molecule has 0 saturated heterocycles. The summed E-state index contributed by atoms with van der Waals surface area (Å²) in [5.74, 6) is 0. The van der Waals surface area contributed by atoms with Crippen LogP contribution in [-0.4, -0.2) is 17.4 Å². The van der Waals surface area contributed by atoms with E-state index in [1.165, 1.54) is 0 Å². The van der Waals surface area contributed by atoms with Crippen LogP contribution in [0.3, 0.4) is 0 Å². The Balaban J connectivity index is -0.0000000655. The van der Waals surface area contributed by atoms with Gasteiger partial charge in [-0.1, -0.05) is 0 Å². The Morgan fingerprint density at radius 1 is 0.562 bits per heavy atom. The molecule has 96 valence electrons. The summed E-state index contributed by atoms with van der Waals surface area (Å²) >= 11 is 12.7.